The third-order valence-corrected chi connectivity index (χ3v) is 9.37. The molecule has 0 aromatic carbocycles. The van der Waals surface area contributed by atoms with Crippen molar-refractivity contribution in [3.8, 4) is 0 Å². The lowest BCUT2D eigenvalue weighted by Gasteiger charge is -2.40. The van der Waals surface area contributed by atoms with Gasteiger partial charge in [-0.1, -0.05) is 137 Å². The van der Waals surface area contributed by atoms with Crippen LogP contribution >= 0.6 is 0 Å². The van der Waals surface area contributed by atoms with Crippen LogP contribution in [0.15, 0.2) is 97.2 Å². The lowest BCUT2D eigenvalue weighted by Crippen LogP contribution is -2.60. The summed E-state index contributed by atoms with van der Waals surface area (Å²) in [6, 6.07) is -0.850. The van der Waals surface area contributed by atoms with Gasteiger partial charge in [0, 0.05) is 6.42 Å². The van der Waals surface area contributed by atoms with E-state index in [2.05, 4.69) is 104 Å². The van der Waals surface area contributed by atoms with Gasteiger partial charge >= 0.3 is 0 Å². The molecule has 7 atom stereocenters. The minimum Gasteiger partial charge on any atom is -0.394 e. The summed E-state index contributed by atoms with van der Waals surface area (Å²) >= 11 is 0. The number of carbonyl (C=O) groups excluding carboxylic acids is 1. The van der Waals surface area contributed by atoms with E-state index in [4.69, 9.17) is 9.47 Å². The van der Waals surface area contributed by atoms with Crippen LogP contribution in [0.5, 0.6) is 0 Å². The summed E-state index contributed by atoms with van der Waals surface area (Å²) in [6.07, 6.45) is 44.4. The van der Waals surface area contributed by atoms with Gasteiger partial charge in [-0.3, -0.25) is 4.79 Å². The SMILES string of the molecule is CC/C=C\C/C=C\C/C=C\C/C=C\C/C=C\CCCCCC(=O)NC(COC1OC(CO)C(O)C(O)C1O)C(O)/C=C/CC/C=C/CC/C=C/CCCCCC. The van der Waals surface area contributed by atoms with E-state index in [0.717, 1.165) is 77.0 Å². The molecule has 9 nitrogen and oxygen atoms in total. The molecule has 0 spiro atoms. The average Bonchev–Trinajstić information content (AvgIpc) is 3.20. The van der Waals surface area contributed by atoms with Crippen LogP contribution in [-0.2, 0) is 14.3 Å². The molecule has 56 heavy (non-hydrogen) atoms. The zero-order valence-electron chi connectivity index (χ0n) is 34.6. The van der Waals surface area contributed by atoms with Gasteiger partial charge in [-0.15, -0.1) is 0 Å². The minimum atomic E-state index is -1.59. The first-order chi connectivity index (χ1) is 27.3. The third-order valence-electron chi connectivity index (χ3n) is 9.37. The van der Waals surface area contributed by atoms with Gasteiger partial charge in [-0.2, -0.15) is 0 Å². The molecule has 1 amide bonds. The molecular weight excluding hydrogens is 707 g/mol. The molecule has 6 N–H and O–H groups in total. The summed E-state index contributed by atoms with van der Waals surface area (Å²) in [5.41, 5.74) is 0. The Labute approximate surface area is 339 Å². The first kappa shape index (κ1) is 51.1. The number of hydrogen-bond donors (Lipinski definition) is 6. The number of aliphatic hydroxyl groups excluding tert-OH is 5. The van der Waals surface area contributed by atoms with E-state index < -0.39 is 49.5 Å². The van der Waals surface area contributed by atoms with Crippen LogP contribution in [0.1, 0.15) is 136 Å². The number of aliphatic hydroxyl groups is 5. The second kappa shape index (κ2) is 36.5. The number of amides is 1. The highest BCUT2D eigenvalue weighted by atomic mass is 16.7. The average molecular weight is 784 g/mol. The molecule has 0 aliphatic carbocycles. The number of hydrogen-bond acceptors (Lipinski definition) is 8. The fourth-order valence-corrected chi connectivity index (χ4v) is 5.92. The monoisotopic (exact) mass is 784 g/mol. The van der Waals surface area contributed by atoms with E-state index >= 15 is 0 Å². The maximum Gasteiger partial charge on any atom is 0.220 e. The van der Waals surface area contributed by atoms with Crippen LogP contribution < -0.4 is 5.32 Å². The van der Waals surface area contributed by atoms with Gasteiger partial charge in [-0.05, 0) is 89.9 Å². The van der Waals surface area contributed by atoms with Crippen molar-refractivity contribution in [2.24, 2.45) is 0 Å². The maximum atomic E-state index is 12.9. The topological polar surface area (TPSA) is 149 Å². The Balaban J connectivity index is 2.47. The Morgan fingerprint density at radius 2 is 1.12 bits per heavy atom. The largest absolute Gasteiger partial charge is 0.394 e. The van der Waals surface area contributed by atoms with Crippen LogP contribution in [0.3, 0.4) is 0 Å². The number of allylic oxidation sites excluding steroid dienone is 15. The van der Waals surface area contributed by atoms with E-state index in [1.54, 1.807) is 6.08 Å². The molecule has 0 aromatic rings. The Kier molecular flexibility index (Phi) is 33.3. The number of nitrogens with one attached hydrogen (secondary N) is 1. The summed E-state index contributed by atoms with van der Waals surface area (Å²) < 4.78 is 11.2. The summed E-state index contributed by atoms with van der Waals surface area (Å²) in [5.74, 6) is -0.229. The van der Waals surface area contributed by atoms with E-state index in [1.165, 1.54) is 25.7 Å². The molecule has 0 aromatic heterocycles. The molecule has 0 saturated carbocycles. The van der Waals surface area contributed by atoms with Crippen LogP contribution in [0, 0.1) is 0 Å². The fraction of sp³-hybridized carbons (Fsp3) is 0.638. The van der Waals surface area contributed by atoms with Gasteiger partial charge < -0.3 is 40.3 Å². The first-order valence-corrected chi connectivity index (χ1v) is 21.5. The zero-order chi connectivity index (χ0) is 40.9. The highest BCUT2D eigenvalue weighted by Gasteiger charge is 2.44. The maximum absolute atomic E-state index is 12.9. The third kappa shape index (κ3) is 26.9. The molecule has 1 aliphatic heterocycles. The second-order valence-electron chi connectivity index (χ2n) is 14.4. The Hall–Kier alpha value is -2.89. The normalized spacial score (nSPS) is 22.2. The highest BCUT2D eigenvalue weighted by molar-refractivity contribution is 5.76. The van der Waals surface area contributed by atoms with Crippen molar-refractivity contribution in [1.29, 1.82) is 0 Å². The number of rotatable bonds is 33. The summed E-state index contributed by atoms with van der Waals surface area (Å²) in [4.78, 5) is 12.9. The first-order valence-electron chi connectivity index (χ1n) is 21.5. The van der Waals surface area contributed by atoms with Gasteiger partial charge in [0.15, 0.2) is 6.29 Å². The molecule has 9 heteroatoms. The van der Waals surface area contributed by atoms with Crippen LogP contribution in [0.4, 0.5) is 0 Å². The predicted molar refractivity (Wildman–Crippen MR) is 230 cm³/mol. The van der Waals surface area contributed by atoms with Gasteiger partial charge in [0.2, 0.25) is 5.91 Å². The fourth-order valence-electron chi connectivity index (χ4n) is 5.92. The van der Waals surface area contributed by atoms with Crippen molar-refractivity contribution in [2.45, 2.75) is 179 Å². The van der Waals surface area contributed by atoms with Crippen molar-refractivity contribution >= 4 is 5.91 Å². The molecule has 7 unspecified atom stereocenters. The molecular formula is C47H77NO8. The summed E-state index contributed by atoms with van der Waals surface area (Å²) in [5, 5.41) is 54.0. The Morgan fingerprint density at radius 1 is 0.625 bits per heavy atom. The highest BCUT2D eigenvalue weighted by Crippen LogP contribution is 2.22. The van der Waals surface area contributed by atoms with Crippen molar-refractivity contribution < 1.29 is 39.8 Å². The molecule has 0 radical (unpaired) electrons. The van der Waals surface area contributed by atoms with Crippen LogP contribution in [-0.4, -0.2) is 87.5 Å². The smallest absolute Gasteiger partial charge is 0.220 e. The van der Waals surface area contributed by atoms with Crippen LogP contribution in [0.2, 0.25) is 0 Å². The lowest BCUT2D eigenvalue weighted by molar-refractivity contribution is -0.302. The molecule has 1 rings (SSSR count). The number of unbranched alkanes of at least 4 members (excludes halogenated alkanes) is 9. The van der Waals surface area contributed by atoms with Crippen molar-refractivity contribution in [2.75, 3.05) is 13.2 Å². The zero-order valence-corrected chi connectivity index (χ0v) is 34.6. The molecule has 1 aliphatic rings. The van der Waals surface area contributed by atoms with Gasteiger partial charge in [-0.25, -0.2) is 0 Å². The Bertz CT molecular complexity index is 1190. The van der Waals surface area contributed by atoms with Crippen molar-refractivity contribution in [3.63, 3.8) is 0 Å². The van der Waals surface area contributed by atoms with E-state index in [-0.39, 0.29) is 18.9 Å². The van der Waals surface area contributed by atoms with E-state index in [9.17, 15) is 30.3 Å². The predicted octanol–water partition coefficient (Wildman–Crippen LogP) is 8.55. The van der Waals surface area contributed by atoms with Gasteiger partial charge in [0.25, 0.3) is 0 Å². The molecule has 1 saturated heterocycles. The lowest BCUT2D eigenvalue weighted by atomic mass is 9.99. The quantitative estimate of drug-likeness (QED) is 0.0287. The molecule has 318 valence electrons. The van der Waals surface area contributed by atoms with E-state index in [1.807, 2.05) is 6.08 Å². The summed E-state index contributed by atoms with van der Waals surface area (Å²) in [7, 11) is 0. The summed E-state index contributed by atoms with van der Waals surface area (Å²) in [6.45, 7) is 3.56. The number of carbonyl (C=O) groups is 1. The minimum absolute atomic E-state index is 0.226. The van der Waals surface area contributed by atoms with Gasteiger partial charge in [0.1, 0.15) is 24.4 Å². The van der Waals surface area contributed by atoms with E-state index in [0.29, 0.717) is 12.8 Å². The Morgan fingerprint density at radius 3 is 1.68 bits per heavy atom. The van der Waals surface area contributed by atoms with Crippen molar-refractivity contribution in [1.82, 2.24) is 5.32 Å². The van der Waals surface area contributed by atoms with Gasteiger partial charge in [0.05, 0.1) is 25.4 Å². The standard InChI is InChI=1S/C47H77NO8/c1-3-5-7-9-11-13-15-17-19-20-21-22-23-25-27-29-31-33-35-37-43(51)48-40(39-55-47-46(54)45(53)44(52)42(38-49)56-47)41(50)36-34-32-30-28-26-24-18-16-14-12-10-8-6-4-2/h5,7,11,13-14,16-17,19,21-22,25-28,34,36,40-42,44-47,49-50,52-54H,3-4,6,8-10,12,15,18,20,23-24,29-33,35,37-39H2,1-2H3,(H,48,51)/b7-5-,13-11-,16-14+,19-17-,22-21-,27-25-,28-26+,36-34+. The second-order valence-corrected chi connectivity index (χ2v) is 14.4. The molecule has 0 bridgehead atoms. The molecule has 1 heterocycles. The van der Waals surface area contributed by atoms with Crippen LogP contribution in [0.25, 0.3) is 0 Å². The number of ether oxygens (including phenoxy) is 2. The van der Waals surface area contributed by atoms with Crippen molar-refractivity contribution in [3.05, 3.63) is 97.2 Å². The molecule has 1 fully saturated rings.